The van der Waals surface area contributed by atoms with E-state index >= 15 is 0 Å². The zero-order valence-corrected chi connectivity index (χ0v) is 18.2. The number of sulfonamides is 1. The second kappa shape index (κ2) is 8.08. The molecular formula is C19H29N3O5S. The number of amides is 2. The molecule has 2 rings (SSSR count). The molecule has 0 aliphatic carbocycles. The van der Waals surface area contributed by atoms with Crippen LogP contribution in [-0.4, -0.2) is 80.4 Å². The zero-order chi connectivity index (χ0) is 21.3. The summed E-state index contributed by atoms with van der Waals surface area (Å²) in [6, 6.07) is 4.57. The van der Waals surface area contributed by atoms with Gasteiger partial charge in [-0.15, -0.1) is 0 Å². The molecule has 9 heteroatoms. The van der Waals surface area contributed by atoms with Gasteiger partial charge in [-0.1, -0.05) is 6.07 Å². The van der Waals surface area contributed by atoms with E-state index in [1.165, 1.54) is 26.2 Å². The third kappa shape index (κ3) is 5.02. The Balaban J connectivity index is 2.13. The second-order valence-corrected chi connectivity index (χ2v) is 10.2. The van der Waals surface area contributed by atoms with Crippen molar-refractivity contribution in [2.45, 2.75) is 38.2 Å². The van der Waals surface area contributed by atoms with Crippen LogP contribution in [0.5, 0.6) is 0 Å². The first-order chi connectivity index (χ1) is 12.8. The van der Waals surface area contributed by atoms with Crippen LogP contribution in [0.1, 0.15) is 36.7 Å². The highest BCUT2D eigenvalue weighted by Gasteiger charge is 2.29. The molecule has 1 aromatic carbocycles. The fourth-order valence-corrected chi connectivity index (χ4v) is 3.72. The summed E-state index contributed by atoms with van der Waals surface area (Å²) in [6.45, 7) is 8.66. The molecule has 28 heavy (non-hydrogen) atoms. The van der Waals surface area contributed by atoms with Gasteiger partial charge in [0.1, 0.15) is 5.60 Å². The molecule has 1 aliphatic rings. The van der Waals surface area contributed by atoms with Gasteiger partial charge in [-0.3, -0.25) is 4.79 Å². The summed E-state index contributed by atoms with van der Waals surface area (Å²) in [5.41, 5.74) is 0.491. The number of piperazine rings is 1. The van der Waals surface area contributed by atoms with Crippen LogP contribution >= 0.6 is 0 Å². The Morgan fingerprint density at radius 3 is 2.07 bits per heavy atom. The summed E-state index contributed by atoms with van der Waals surface area (Å²) in [4.78, 5) is 28.4. The van der Waals surface area contributed by atoms with Crippen molar-refractivity contribution in [3.8, 4) is 0 Å². The quantitative estimate of drug-likeness (QED) is 0.759. The van der Waals surface area contributed by atoms with Crippen molar-refractivity contribution in [3.63, 3.8) is 0 Å². The van der Waals surface area contributed by atoms with Gasteiger partial charge in [0.2, 0.25) is 10.0 Å². The number of carbonyl (C=O) groups is 2. The van der Waals surface area contributed by atoms with Crippen LogP contribution < -0.4 is 0 Å². The lowest BCUT2D eigenvalue weighted by Gasteiger charge is -2.35. The van der Waals surface area contributed by atoms with Gasteiger partial charge in [0.05, 0.1) is 4.90 Å². The lowest BCUT2D eigenvalue weighted by Crippen LogP contribution is -2.51. The number of benzene rings is 1. The maximum Gasteiger partial charge on any atom is 0.410 e. The van der Waals surface area contributed by atoms with Gasteiger partial charge in [0, 0.05) is 45.8 Å². The van der Waals surface area contributed by atoms with E-state index in [9.17, 15) is 18.0 Å². The molecule has 0 atom stereocenters. The lowest BCUT2D eigenvalue weighted by molar-refractivity contribution is 0.0140. The van der Waals surface area contributed by atoms with Crippen molar-refractivity contribution in [2.75, 3.05) is 40.3 Å². The molecule has 1 heterocycles. The fraction of sp³-hybridized carbons (Fsp3) is 0.579. The Bertz CT molecular complexity index is 851. The second-order valence-electron chi connectivity index (χ2n) is 8.02. The van der Waals surface area contributed by atoms with Crippen molar-refractivity contribution < 1.29 is 22.7 Å². The molecule has 0 spiro atoms. The van der Waals surface area contributed by atoms with Crippen LogP contribution in [0.15, 0.2) is 23.1 Å². The molecule has 1 fully saturated rings. The van der Waals surface area contributed by atoms with Gasteiger partial charge >= 0.3 is 6.09 Å². The third-order valence-electron chi connectivity index (χ3n) is 4.44. The van der Waals surface area contributed by atoms with Gasteiger partial charge in [0.25, 0.3) is 5.91 Å². The molecule has 0 bridgehead atoms. The Morgan fingerprint density at radius 2 is 1.57 bits per heavy atom. The molecule has 156 valence electrons. The molecule has 0 saturated carbocycles. The molecule has 2 amide bonds. The van der Waals surface area contributed by atoms with Crippen LogP contribution in [0, 0.1) is 6.92 Å². The number of carbonyl (C=O) groups excluding carboxylic acids is 2. The van der Waals surface area contributed by atoms with Crippen molar-refractivity contribution >= 4 is 22.0 Å². The highest BCUT2D eigenvalue weighted by Crippen LogP contribution is 2.20. The van der Waals surface area contributed by atoms with Gasteiger partial charge in [0.15, 0.2) is 0 Å². The number of nitrogens with zero attached hydrogens (tertiary/aromatic N) is 3. The van der Waals surface area contributed by atoms with Gasteiger partial charge in [-0.05, 0) is 45.4 Å². The van der Waals surface area contributed by atoms with E-state index in [1.807, 2.05) is 20.8 Å². The zero-order valence-electron chi connectivity index (χ0n) is 17.4. The summed E-state index contributed by atoms with van der Waals surface area (Å²) in [5.74, 6) is -0.239. The minimum absolute atomic E-state index is 0.0823. The topological polar surface area (TPSA) is 87.2 Å². The minimum atomic E-state index is -3.62. The van der Waals surface area contributed by atoms with E-state index < -0.39 is 21.7 Å². The number of rotatable bonds is 3. The summed E-state index contributed by atoms with van der Waals surface area (Å²) in [7, 11) is -0.723. The van der Waals surface area contributed by atoms with Crippen molar-refractivity contribution in [1.82, 2.24) is 14.1 Å². The summed E-state index contributed by atoms with van der Waals surface area (Å²) in [5, 5.41) is 0. The van der Waals surface area contributed by atoms with Gasteiger partial charge in [-0.25, -0.2) is 17.5 Å². The average molecular weight is 412 g/mol. The van der Waals surface area contributed by atoms with Crippen LogP contribution in [0.2, 0.25) is 0 Å². The van der Waals surface area contributed by atoms with Crippen LogP contribution in [0.25, 0.3) is 0 Å². The lowest BCUT2D eigenvalue weighted by atomic mass is 10.1. The Morgan fingerprint density at radius 1 is 1.04 bits per heavy atom. The van der Waals surface area contributed by atoms with E-state index in [0.717, 1.165) is 4.31 Å². The number of hydrogen-bond donors (Lipinski definition) is 0. The standard InChI is InChI=1S/C19H29N3O5S/c1-14-7-8-15(28(25,26)20(5)6)13-16(14)17(23)21-9-11-22(12-10-21)18(24)27-19(2,3)4/h7-8,13H,9-12H2,1-6H3. The molecule has 1 aromatic rings. The van der Waals surface area contributed by atoms with E-state index in [4.69, 9.17) is 4.74 Å². The van der Waals surface area contributed by atoms with Crippen molar-refractivity contribution in [1.29, 1.82) is 0 Å². The Hall–Kier alpha value is -2.13. The number of aryl methyl sites for hydroxylation is 1. The minimum Gasteiger partial charge on any atom is -0.444 e. The van der Waals surface area contributed by atoms with E-state index in [1.54, 1.807) is 22.8 Å². The normalized spacial score (nSPS) is 15.7. The molecule has 0 unspecified atom stereocenters. The van der Waals surface area contributed by atoms with E-state index in [-0.39, 0.29) is 10.8 Å². The molecule has 8 nitrogen and oxygen atoms in total. The molecule has 1 saturated heterocycles. The highest BCUT2D eigenvalue weighted by molar-refractivity contribution is 7.89. The van der Waals surface area contributed by atoms with Gasteiger partial charge in [-0.2, -0.15) is 0 Å². The fourth-order valence-electron chi connectivity index (χ4n) is 2.79. The monoisotopic (exact) mass is 411 g/mol. The van der Waals surface area contributed by atoms with E-state index in [0.29, 0.717) is 37.3 Å². The van der Waals surface area contributed by atoms with Crippen LogP contribution in [0.3, 0.4) is 0 Å². The maximum atomic E-state index is 13.0. The smallest absolute Gasteiger partial charge is 0.410 e. The largest absolute Gasteiger partial charge is 0.444 e. The maximum absolute atomic E-state index is 13.0. The first-order valence-corrected chi connectivity index (χ1v) is 10.6. The molecule has 0 aromatic heterocycles. The Kier molecular flexibility index (Phi) is 6.40. The van der Waals surface area contributed by atoms with Crippen molar-refractivity contribution in [2.24, 2.45) is 0 Å². The van der Waals surface area contributed by atoms with Crippen LogP contribution in [-0.2, 0) is 14.8 Å². The summed E-state index contributed by atoms with van der Waals surface area (Å²) < 4.78 is 31.2. The SMILES string of the molecule is Cc1ccc(S(=O)(=O)N(C)C)cc1C(=O)N1CCN(C(=O)OC(C)(C)C)CC1. The Labute approximate surface area is 167 Å². The molecule has 1 aliphatic heterocycles. The average Bonchev–Trinajstić information content (AvgIpc) is 2.60. The first-order valence-electron chi connectivity index (χ1n) is 9.13. The first kappa shape index (κ1) is 22.2. The summed E-state index contributed by atoms with van der Waals surface area (Å²) in [6.07, 6.45) is -0.394. The molecule has 0 N–H and O–H groups in total. The summed E-state index contributed by atoms with van der Waals surface area (Å²) >= 11 is 0. The molecular weight excluding hydrogens is 382 g/mol. The predicted octanol–water partition coefficient (Wildman–Crippen LogP) is 1.94. The third-order valence-corrected chi connectivity index (χ3v) is 6.25. The predicted molar refractivity (Wildman–Crippen MR) is 106 cm³/mol. The highest BCUT2D eigenvalue weighted by atomic mass is 32.2. The van der Waals surface area contributed by atoms with Crippen LogP contribution in [0.4, 0.5) is 4.79 Å². The number of ether oxygens (including phenoxy) is 1. The van der Waals surface area contributed by atoms with Gasteiger partial charge < -0.3 is 14.5 Å². The van der Waals surface area contributed by atoms with Crippen molar-refractivity contribution in [3.05, 3.63) is 29.3 Å². The molecule has 0 radical (unpaired) electrons. The van der Waals surface area contributed by atoms with E-state index in [2.05, 4.69) is 0 Å². The number of hydrogen-bond acceptors (Lipinski definition) is 5.